The maximum atomic E-state index is 6.99. The molecule has 1 atom stereocenters. The standard InChI is InChI=1S/C30H33N7/c1-2-6-21-7-3-8-22-19-30(27(31)26(21)22)11-16-35(17-12-30)28-25-20-34-29(37(25)18-14-33-28)36-15-5-9-23-24(36)10-4-13-32-23/h2-4,7-8,10,13-14,18,20,27H,1,5-6,9,11-12,15-17,19,31H2/t27-/m1/s1. The summed E-state index contributed by atoms with van der Waals surface area (Å²) in [6.07, 6.45) is 15.9. The Morgan fingerprint density at radius 1 is 1.05 bits per heavy atom. The number of aryl methyl sites for hydroxylation is 1. The van der Waals surface area contributed by atoms with Crippen molar-refractivity contribution in [1.82, 2.24) is 19.4 Å². The third kappa shape index (κ3) is 3.48. The average molecular weight is 492 g/mol. The summed E-state index contributed by atoms with van der Waals surface area (Å²) in [5.74, 6) is 1.94. The molecule has 37 heavy (non-hydrogen) atoms. The maximum Gasteiger partial charge on any atom is 0.214 e. The number of anilines is 3. The number of benzene rings is 1. The molecule has 1 saturated heterocycles. The maximum absolute atomic E-state index is 6.99. The predicted octanol–water partition coefficient (Wildman–Crippen LogP) is 4.78. The van der Waals surface area contributed by atoms with Gasteiger partial charge in [0.15, 0.2) is 5.82 Å². The molecule has 3 aromatic heterocycles. The van der Waals surface area contributed by atoms with Gasteiger partial charge in [0.25, 0.3) is 0 Å². The first kappa shape index (κ1) is 22.5. The summed E-state index contributed by atoms with van der Waals surface area (Å²) in [6, 6.07) is 10.9. The third-order valence-electron chi connectivity index (χ3n) is 8.84. The van der Waals surface area contributed by atoms with E-state index in [1.54, 1.807) is 0 Å². The van der Waals surface area contributed by atoms with Crippen LogP contribution in [0.1, 0.15) is 47.7 Å². The highest BCUT2D eigenvalue weighted by atomic mass is 15.3. The molecule has 1 aromatic carbocycles. The second-order valence-electron chi connectivity index (χ2n) is 10.8. The largest absolute Gasteiger partial charge is 0.355 e. The zero-order valence-corrected chi connectivity index (χ0v) is 21.2. The lowest BCUT2D eigenvalue weighted by Gasteiger charge is -2.42. The van der Waals surface area contributed by atoms with Crippen LogP contribution in [0.2, 0.25) is 0 Å². The Kier molecular flexibility index (Phi) is 5.29. The van der Waals surface area contributed by atoms with Crippen LogP contribution in [0.4, 0.5) is 17.5 Å². The third-order valence-corrected chi connectivity index (χ3v) is 8.84. The summed E-state index contributed by atoms with van der Waals surface area (Å²) in [5.41, 5.74) is 14.6. The Morgan fingerprint density at radius 2 is 1.95 bits per heavy atom. The van der Waals surface area contributed by atoms with Crippen molar-refractivity contribution in [1.29, 1.82) is 0 Å². The van der Waals surface area contributed by atoms with Crippen molar-refractivity contribution < 1.29 is 0 Å². The highest BCUT2D eigenvalue weighted by Gasteiger charge is 2.47. The number of nitrogens with zero attached hydrogens (tertiary/aromatic N) is 6. The molecule has 0 amide bonds. The Morgan fingerprint density at radius 3 is 2.81 bits per heavy atom. The molecule has 5 heterocycles. The van der Waals surface area contributed by atoms with Gasteiger partial charge in [0, 0.05) is 44.3 Å². The normalized spacial score (nSPS) is 20.3. The van der Waals surface area contributed by atoms with Gasteiger partial charge < -0.3 is 15.5 Å². The fourth-order valence-electron chi connectivity index (χ4n) is 6.94. The minimum atomic E-state index is 0.0823. The summed E-state index contributed by atoms with van der Waals surface area (Å²) in [7, 11) is 0. The minimum Gasteiger partial charge on any atom is -0.355 e. The van der Waals surface area contributed by atoms with Gasteiger partial charge in [-0.15, -0.1) is 6.58 Å². The van der Waals surface area contributed by atoms with Gasteiger partial charge in [0.2, 0.25) is 5.95 Å². The molecule has 7 heteroatoms. The molecule has 1 spiro atoms. The number of hydrogen-bond acceptors (Lipinski definition) is 6. The Hall–Kier alpha value is -3.71. The summed E-state index contributed by atoms with van der Waals surface area (Å²) in [4.78, 5) is 19.0. The summed E-state index contributed by atoms with van der Waals surface area (Å²) >= 11 is 0. The van der Waals surface area contributed by atoms with Gasteiger partial charge in [-0.2, -0.15) is 0 Å². The molecule has 1 aliphatic carbocycles. The Balaban J connectivity index is 1.16. The smallest absolute Gasteiger partial charge is 0.214 e. The topological polar surface area (TPSA) is 75.6 Å². The lowest BCUT2D eigenvalue weighted by atomic mass is 9.73. The van der Waals surface area contributed by atoms with E-state index in [-0.39, 0.29) is 11.5 Å². The molecule has 0 saturated carbocycles. The molecular formula is C30H33N7. The molecule has 0 bridgehead atoms. The minimum absolute atomic E-state index is 0.0823. The zero-order valence-electron chi connectivity index (χ0n) is 21.2. The number of nitrogens with two attached hydrogens (primary N) is 1. The first-order chi connectivity index (χ1) is 18.2. The van der Waals surface area contributed by atoms with Crippen LogP contribution in [0.5, 0.6) is 0 Å². The Labute approximate surface area is 217 Å². The van der Waals surface area contributed by atoms with Crippen molar-refractivity contribution in [3.8, 4) is 0 Å². The summed E-state index contributed by atoms with van der Waals surface area (Å²) in [5, 5.41) is 0. The number of pyridine rings is 1. The number of piperidine rings is 1. The Bertz CT molecular complexity index is 1480. The molecule has 0 radical (unpaired) electrons. The lowest BCUT2D eigenvalue weighted by molar-refractivity contribution is 0.187. The van der Waals surface area contributed by atoms with E-state index in [0.717, 1.165) is 86.8 Å². The second-order valence-corrected chi connectivity index (χ2v) is 10.8. The second kappa shape index (κ2) is 8.70. The number of rotatable bonds is 4. The van der Waals surface area contributed by atoms with Gasteiger partial charge in [-0.3, -0.25) is 9.38 Å². The molecule has 3 aliphatic rings. The molecule has 7 rings (SSSR count). The highest BCUT2D eigenvalue weighted by molar-refractivity contribution is 5.73. The first-order valence-corrected chi connectivity index (χ1v) is 13.4. The molecule has 7 nitrogen and oxygen atoms in total. The molecule has 4 aromatic rings. The number of imidazole rings is 1. The number of allylic oxidation sites excluding steroid dienone is 1. The fraction of sp³-hybridized carbons (Fsp3) is 0.367. The van der Waals surface area contributed by atoms with Crippen LogP contribution in [-0.2, 0) is 19.3 Å². The average Bonchev–Trinajstić information content (AvgIpc) is 3.49. The van der Waals surface area contributed by atoms with Crippen molar-refractivity contribution in [2.24, 2.45) is 11.1 Å². The van der Waals surface area contributed by atoms with E-state index in [2.05, 4.69) is 50.0 Å². The summed E-state index contributed by atoms with van der Waals surface area (Å²) < 4.78 is 2.19. The van der Waals surface area contributed by atoms with Crippen LogP contribution in [0.25, 0.3) is 5.52 Å². The van der Waals surface area contributed by atoms with E-state index in [1.807, 2.05) is 36.9 Å². The molecule has 2 aliphatic heterocycles. The van der Waals surface area contributed by atoms with E-state index in [9.17, 15) is 0 Å². The van der Waals surface area contributed by atoms with Gasteiger partial charge in [0.05, 0.1) is 17.6 Å². The van der Waals surface area contributed by atoms with Crippen LogP contribution in [0.15, 0.2) is 67.8 Å². The molecular weight excluding hydrogens is 458 g/mol. The molecule has 2 N–H and O–H groups in total. The molecule has 0 unspecified atom stereocenters. The SMILES string of the molecule is C=CCc1cccc2c1[C@@H](N)C1(CCN(c3nccn4c(N5CCCc6ncccc65)ncc34)CC1)C2. The van der Waals surface area contributed by atoms with Crippen LogP contribution < -0.4 is 15.5 Å². The number of aromatic nitrogens is 4. The van der Waals surface area contributed by atoms with Crippen LogP contribution >= 0.6 is 0 Å². The fourth-order valence-corrected chi connectivity index (χ4v) is 6.94. The van der Waals surface area contributed by atoms with Crippen LogP contribution in [0, 0.1) is 5.41 Å². The first-order valence-electron chi connectivity index (χ1n) is 13.4. The lowest BCUT2D eigenvalue weighted by Crippen LogP contribution is -2.44. The van der Waals surface area contributed by atoms with Gasteiger partial charge in [-0.25, -0.2) is 9.97 Å². The monoisotopic (exact) mass is 491 g/mol. The van der Waals surface area contributed by atoms with Crippen LogP contribution in [-0.4, -0.2) is 39.0 Å². The highest BCUT2D eigenvalue weighted by Crippen LogP contribution is 2.52. The van der Waals surface area contributed by atoms with E-state index in [0.29, 0.717) is 0 Å². The number of fused-ring (bicyclic) bond motifs is 3. The summed E-state index contributed by atoms with van der Waals surface area (Å²) in [6.45, 7) is 6.79. The van der Waals surface area contributed by atoms with Crippen molar-refractivity contribution in [3.05, 3.63) is 90.2 Å². The zero-order chi connectivity index (χ0) is 25.0. The van der Waals surface area contributed by atoms with E-state index in [4.69, 9.17) is 15.7 Å². The van der Waals surface area contributed by atoms with Gasteiger partial charge >= 0.3 is 0 Å². The quantitative estimate of drug-likeness (QED) is 0.414. The van der Waals surface area contributed by atoms with E-state index < -0.39 is 0 Å². The van der Waals surface area contributed by atoms with Crippen molar-refractivity contribution in [2.75, 3.05) is 29.4 Å². The molecule has 188 valence electrons. The van der Waals surface area contributed by atoms with Crippen LogP contribution in [0.3, 0.4) is 0 Å². The molecule has 1 fully saturated rings. The van der Waals surface area contributed by atoms with Gasteiger partial charge in [-0.05, 0) is 72.8 Å². The van der Waals surface area contributed by atoms with Crippen molar-refractivity contribution >= 4 is 23.0 Å². The predicted molar refractivity (Wildman–Crippen MR) is 147 cm³/mol. The van der Waals surface area contributed by atoms with Gasteiger partial charge in [0.1, 0.15) is 5.52 Å². The number of hydrogen-bond donors (Lipinski definition) is 1. The van der Waals surface area contributed by atoms with E-state index >= 15 is 0 Å². The van der Waals surface area contributed by atoms with Gasteiger partial charge in [-0.1, -0.05) is 24.3 Å². The van der Waals surface area contributed by atoms with Crippen molar-refractivity contribution in [3.63, 3.8) is 0 Å². The van der Waals surface area contributed by atoms with Crippen molar-refractivity contribution in [2.45, 2.75) is 44.6 Å². The van der Waals surface area contributed by atoms with E-state index in [1.165, 1.54) is 16.7 Å².